The first-order valence-electron chi connectivity index (χ1n) is 10.8. The van der Waals surface area contributed by atoms with Gasteiger partial charge in [0.05, 0.1) is 38.1 Å². The first kappa shape index (κ1) is 23.0. The van der Waals surface area contributed by atoms with Crippen LogP contribution in [0.3, 0.4) is 0 Å². The highest BCUT2D eigenvalue weighted by Crippen LogP contribution is 2.40. The highest BCUT2D eigenvalue weighted by Gasteiger charge is 2.29. The number of hydrogen-bond acceptors (Lipinski definition) is 6. The molecule has 2 aliphatic rings. The Bertz CT molecular complexity index is 1000. The quantitative estimate of drug-likeness (QED) is 0.656. The number of carbonyl (C=O) groups excluding carboxylic acids is 2. The summed E-state index contributed by atoms with van der Waals surface area (Å²) >= 11 is 7.65. The molecule has 0 radical (unpaired) electrons. The molecule has 2 heterocycles. The second-order valence-corrected chi connectivity index (χ2v) is 9.83. The number of fused-ring (bicyclic) bond motifs is 1. The van der Waals surface area contributed by atoms with Crippen molar-refractivity contribution >= 4 is 45.4 Å². The van der Waals surface area contributed by atoms with Crippen molar-refractivity contribution in [1.29, 1.82) is 0 Å². The van der Waals surface area contributed by atoms with Crippen molar-refractivity contribution in [2.24, 2.45) is 5.92 Å². The molecule has 9 heteroatoms. The van der Waals surface area contributed by atoms with E-state index in [2.05, 4.69) is 22.5 Å². The molecule has 1 aromatic carbocycles. The van der Waals surface area contributed by atoms with Gasteiger partial charge in [-0.25, -0.2) is 0 Å². The van der Waals surface area contributed by atoms with E-state index in [1.165, 1.54) is 16.2 Å². The van der Waals surface area contributed by atoms with Crippen LogP contribution >= 0.6 is 22.9 Å². The molecule has 1 aliphatic heterocycles. The van der Waals surface area contributed by atoms with Gasteiger partial charge >= 0.3 is 0 Å². The fourth-order valence-corrected chi connectivity index (χ4v) is 5.77. The lowest BCUT2D eigenvalue weighted by atomic mass is 9.88. The van der Waals surface area contributed by atoms with Gasteiger partial charge in [-0.2, -0.15) is 0 Å². The van der Waals surface area contributed by atoms with Gasteiger partial charge in [0.1, 0.15) is 10.8 Å². The van der Waals surface area contributed by atoms with Crippen molar-refractivity contribution in [3.63, 3.8) is 0 Å². The molecule has 0 spiro atoms. The van der Waals surface area contributed by atoms with E-state index in [1.54, 1.807) is 25.3 Å². The lowest BCUT2D eigenvalue weighted by Gasteiger charge is -2.25. The van der Waals surface area contributed by atoms with E-state index in [-0.39, 0.29) is 18.4 Å². The molecule has 1 aromatic heterocycles. The Hall–Kier alpha value is -2.13. The van der Waals surface area contributed by atoms with Crippen LogP contribution in [0, 0.1) is 5.92 Å². The van der Waals surface area contributed by atoms with E-state index in [4.69, 9.17) is 21.1 Å². The average Bonchev–Trinajstić information content (AvgIpc) is 3.11. The van der Waals surface area contributed by atoms with Crippen LogP contribution in [0.1, 0.15) is 34.1 Å². The third kappa shape index (κ3) is 5.26. The minimum absolute atomic E-state index is 0.118. The molecule has 32 heavy (non-hydrogen) atoms. The maximum Gasteiger partial charge on any atom is 0.259 e. The number of anilines is 2. The number of nitrogens with zero attached hydrogens (tertiary/aromatic N) is 1. The number of halogens is 1. The van der Waals surface area contributed by atoms with Crippen LogP contribution in [-0.2, 0) is 22.4 Å². The van der Waals surface area contributed by atoms with Crippen molar-refractivity contribution in [2.45, 2.75) is 26.2 Å². The van der Waals surface area contributed by atoms with Gasteiger partial charge in [-0.1, -0.05) is 18.5 Å². The van der Waals surface area contributed by atoms with Gasteiger partial charge in [-0.15, -0.1) is 11.3 Å². The molecule has 0 saturated carbocycles. The molecular weight excluding hydrogens is 450 g/mol. The molecule has 1 atom stereocenters. The van der Waals surface area contributed by atoms with Crippen LogP contribution < -0.4 is 15.4 Å². The molecule has 2 aromatic rings. The zero-order valence-electron chi connectivity index (χ0n) is 18.3. The summed E-state index contributed by atoms with van der Waals surface area (Å²) in [6.45, 7) is 5.23. The zero-order valence-corrected chi connectivity index (χ0v) is 19.9. The molecular formula is C23H28ClN3O4S. The Balaban J connectivity index is 1.59. The van der Waals surface area contributed by atoms with Gasteiger partial charge in [0.2, 0.25) is 5.91 Å². The summed E-state index contributed by atoms with van der Waals surface area (Å²) in [5.41, 5.74) is 2.09. The smallest absolute Gasteiger partial charge is 0.259 e. The number of thiophene rings is 1. The Labute approximate surface area is 197 Å². The summed E-state index contributed by atoms with van der Waals surface area (Å²) in [6, 6.07) is 5.09. The van der Waals surface area contributed by atoms with Crippen molar-refractivity contribution in [1.82, 2.24) is 4.90 Å². The van der Waals surface area contributed by atoms with Gasteiger partial charge in [-0.3, -0.25) is 14.5 Å². The number of nitrogens with one attached hydrogen (secondary N) is 2. The minimum Gasteiger partial charge on any atom is -0.495 e. The minimum atomic E-state index is -0.265. The van der Waals surface area contributed by atoms with Gasteiger partial charge in [-0.05, 0) is 48.9 Å². The van der Waals surface area contributed by atoms with Crippen LogP contribution in [0.4, 0.5) is 10.7 Å². The van der Waals surface area contributed by atoms with Crippen molar-refractivity contribution in [3.05, 3.63) is 39.2 Å². The van der Waals surface area contributed by atoms with E-state index in [1.807, 2.05) is 0 Å². The monoisotopic (exact) mass is 477 g/mol. The van der Waals surface area contributed by atoms with Gasteiger partial charge < -0.3 is 20.1 Å². The molecule has 7 nitrogen and oxygen atoms in total. The summed E-state index contributed by atoms with van der Waals surface area (Å²) in [5, 5.41) is 7.07. The van der Waals surface area contributed by atoms with E-state index in [9.17, 15) is 9.59 Å². The second kappa shape index (κ2) is 10.2. The van der Waals surface area contributed by atoms with Crippen LogP contribution in [0.25, 0.3) is 0 Å². The third-order valence-electron chi connectivity index (χ3n) is 5.87. The molecule has 4 rings (SSSR count). The van der Waals surface area contributed by atoms with Crippen LogP contribution in [0.5, 0.6) is 5.75 Å². The molecule has 1 saturated heterocycles. The maximum atomic E-state index is 13.4. The Morgan fingerprint density at radius 2 is 2.06 bits per heavy atom. The number of methoxy groups -OCH3 is 1. The summed E-state index contributed by atoms with van der Waals surface area (Å²) in [5.74, 6) is 0.701. The average molecular weight is 478 g/mol. The van der Waals surface area contributed by atoms with Crippen LogP contribution in [-0.4, -0.2) is 56.7 Å². The lowest BCUT2D eigenvalue weighted by Crippen LogP contribution is -2.41. The first-order valence-corrected chi connectivity index (χ1v) is 12.0. The summed E-state index contributed by atoms with van der Waals surface area (Å²) in [4.78, 5) is 29.4. The molecule has 0 bridgehead atoms. The van der Waals surface area contributed by atoms with Gasteiger partial charge in [0, 0.05) is 23.0 Å². The largest absolute Gasteiger partial charge is 0.495 e. The number of benzene rings is 1. The summed E-state index contributed by atoms with van der Waals surface area (Å²) < 4.78 is 10.7. The number of carbonyl (C=O) groups is 2. The third-order valence-corrected chi connectivity index (χ3v) is 7.28. The van der Waals surface area contributed by atoms with Crippen molar-refractivity contribution < 1.29 is 19.1 Å². The Morgan fingerprint density at radius 1 is 1.28 bits per heavy atom. The van der Waals surface area contributed by atoms with E-state index < -0.39 is 0 Å². The number of hydrogen-bond donors (Lipinski definition) is 2. The fraction of sp³-hybridized carbons (Fsp3) is 0.478. The molecule has 1 aliphatic carbocycles. The van der Waals surface area contributed by atoms with Gasteiger partial charge in [0.15, 0.2) is 0 Å². The number of ether oxygens (including phenoxy) is 2. The van der Waals surface area contributed by atoms with E-state index >= 15 is 0 Å². The number of amides is 2. The number of rotatable bonds is 6. The maximum absolute atomic E-state index is 13.4. The lowest BCUT2D eigenvalue weighted by molar-refractivity contribution is -0.118. The standard InChI is InChI=1S/C23H28ClN3O4S/c1-14-3-5-16-19(11-14)32-23(26-20(28)13-27-7-9-31-10-8-27)21(16)22(29)25-17-12-15(24)4-6-18(17)30-2/h4,6,12,14H,3,5,7-11,13H2,1-2H3,(H,25,29)(H,26,28). The molecule has 2 amide bonds. The summed E-state index contributed by atoms with van der Waals surface area (Å²) in [7, 11) is 1.55. The second-order valence-electron chi connectivity index (χ2n) is 8.29. The molecule has 1 fully saturated rings. The molecule has 1 unspecified atom stereocenters. The molecule has 2 N–H and O–H groups in total. The topological polar surface area (TPSA) is 79.9 Å². The van der Waals surface area contributed by atoms with Crippen LogP contribution in [0.2, 0.25) is 5.02 Å². The number of morpholine rings is 1. The van der Waals surface area contributed by atoms with E-state index in [0.29, 0.717) is 46.2 Å². The van der Waals surface area contributed by atoms with Crippen molar-refractivity contribution in [2.75, 3.05) is 50.6 Å². The summed E-state index contributed by atoms with van der Waals surface area (Å²) in [6.07, 6.45) is 2.76. The first-order chi connectivity index (χ1) is 15.4. The Morgan fingerprint density at radius 3 is 2.81 bits per heavy atom. The SMILES string of the molecule is COc1ccc(Cl)cc1NC(=O)c1c(NC(=O)CN2CCOCC2)sc2c1CCC(C)C2. The predicted molar refractivity (Wildman–Crippen MR) is 127 cm³/mol. The normalized spacial score (nSPS) is 18.7. The predicted octanol–water partition coefficient (Wildman–Crippen LogP) is 4.06. The van der Waals surface area contributed by atoms with Gasteiger partial charge in [0.25, 0.3) is 5.91 Å². The van der Waals surface area contributed by atoms with E-state index in [0.717, 1.165) is 37.9 Å². The highest BCUT2D eigenvalue weighted by molar-refractivity contribution is 7.17. The Kier molecular flexibility index (Phi) is 7.35. The van der Waals surface area contributed by atoms with Crippen molar-refractivity contribution in [3.8, 4) is 5.75 Å². The fourth-order valence-electron chi connectivity index (χ4n) is 4.17. The molecule has 172 valence electrons. The zero-order chi connectivity index (χ0) is 22.7. The van der Waals surface area contributed by atoms with Crippen LogP contribution in [0.15, 0.2) is 18.2 Å². The highest BCUT2D eigenvalue weighted by atomic mass is 35.5.